The van der Waals surface area contributed by atoms with Crippen LogP contribution < -0.4 is 10.2 Å². The molecule has 0 spiro atoms. The molecule has 0 unspecified atom stereocenters. The second kappa shape index (κ2) is 11.2. The molecule has 0 saturated heterocycles. The van der Waals surface area contributed by atoms with Crippen LogP contribution in [0.15, 0.2) is 48.5 Å². The Hall–Kier alpha value is -2.46. The van der Waals surface area contributed by atoms with Crippen LogP contribution in [0.3, 0.4) is 0 Å². The molecule has 31 heavy (non-hydrogen) atoms. The first kappa shape index (κ1) is 23.2. The van der Waals surface area contributed by atoms with E-state index >= 15 is 0 Å². The van der Waals surface area contributed by atoms with Gasteiger partial charge in [-0.05, 0) is 62.8 Å². The van der Waals surface area contributed by atoms with Crippen LogP contribution in [-0.2, 0) is 6.54 Å². The average Bonchev–Trinajstić information content (AvgIpc) is 2.75. The molecule has 0 radical (unpaired) electrons. The molecule has 166 valence electrons. The maximum Gasteiger partial charge on any atom is 0.139 e. The SMILES string of the molecule is Cc1cccc(CNCC2CCC(C)CC2)c1.Cc1nc(N(C)C)c2ccccc2n1. The fraction of sp³-hybridized carbons (Fsp3) is 0.481. The van der Waals surface area contributed by atoms with Gasteiger partial charge in [0.05, 0.1) is 5.52 Å². The van der Waals surface area contributed by atoms with Crippen LogP contribution in [0.1, 0.15) is 49.6 Å². The minimum Gasteiger partial charge on any atom is -0.362 e. The maximum absolute atomic E-state index is 4.42. The lowest BCUT2D eigenvalue weighted by Crippen LogP contribution is -2.25. The molecule has 1 heterocycles. The van der Waals surface area contributed by atoms with Gasteiger partial charge in [-0.3, -0.25) is 0 Å². The first-order valence-electron chi connectivity index (χ1n) is 11.6. The van der Waals surface area contributed by atoms with Crippen molar-refractivity contribution < 1.29 is 0 Å². The van der Waals surface area contributed by atoms with Crippen LogP contribution in [0, 0.1) is 25.7 Å². The molecule has 2 aromatic carbocycles. The van der Waals surface area contributed by atoms with Crippen molar-refractivity contribution in [3.05, 3.63) is 65.5 Å². The zero-order chi connectivity index (χ0) is 22.2. The molecule has 4 rings (SSSR count). The molecular formula is C27H38N4. The fourth-order valence-corrected chi connectivity index (χ4v) is 4.29. The molecule has 0 atom stereocenters. The third-order valence-electron chi connectivity index (χ3n) is 6.10. The third kappa shape index (κ3) is 7.03. The van der Waals surface area contributed by atoms with Gasteiger partial charge < -0.3 is 10.2 Å². The number of anilines is 1. The first-order chi connectivity index (χ1) is 14.9. The minimum absolute atomic E-state index is 0.812. The Kier molecular flexibility index (Phi) is 8.42. The Morgan fingerprint density at radius 1 is 0.935 bits per heavy atom. The number of rotatable bonds is 5. The number of nitrogens with one attached hydrogen (secondary N) is 1. The summed E-state index contributed by atoms with van der Waals surface area (Å²) in [7, 11) is 3.99. The van der Waals surface area contributed by atoms with Crippen LogP contribution >= 0.6 is 0 Å². The zero-order valence-electron chi connectivity index (χ0n) is 19.9. The Morgan fingerprint density at radius 2 is 1.68 bits per heavy atom. The van der Waals surface area contributed by atoms with E-state index in [9.17, 15) is 0 Å². The normalized spacial score (nSPS) is 18.4. The van der Waals surface area contributed by atoms with Gasteiger partial charge in [0, 0.05) is 26.0 Å². The van der Waals surface area contributed by atoms with Crippen LogP contribution in [0.5, 0.6) is 0 Å². The standard InChI is InChI=1S/C16H25N.C11H13N3/c1-13-6-8-15(9-7-13)11-17-12-16-5-3-4-14(2)10-16;1-8-12-10-7-5-4-6-9(10)11(13-8)14(2)3/h3-5,10,13,15,17H,6-9,11-12H2,1-2H3;4-7H,1-3H3. The highest BCUT2D eigenvalue weighted by molar-refractivity contribution is 5.89. The summed E-state index contributed by atoms with van der Waals surface area (Å²) in [6, 6.07) is 16.9. The molecule has 1 N–H and O–H groups in total. The Bertz CT molecular complexity index is 958. The summed E-state index contributed by atoms with van der Waals surface area (Å²) in [6.45, 7) is 8.68. The van der Waals surface area contributed by atoms with Gasteiger partial charge in [0.1, 0.15) is 11.6 Å². The van der Waals surface area contributed by atoms with Gasteiger partial charge >= 0.3 is 0 Å². The molecule has 1 aliphatic carbocycles. The van der Waals surface area contributed by atoms with Crippen molar-refractivity contribution in [1.82, 2.24) is 15.3 Å². The highest BCUT2D eigenvalue weighted by Crippen LogP contribution is 2.27. The number of fused-ring (bicyclic) bond motifs is 1. The summed E-state index contributed by atoms with van der Waals surface area (Å²) >= 11 is 0. The molecule has 4 heteroatoms. The van der Waals surface area contributed by atoms with Gasteiger partial charge in [0.25, 0.3) is 0 Å². The summed E-state index contributed by atoms with van der Waals surface area (Å²) in [5.41, 5.74) is 3.77. The molecular weight excluding hydrogens is 380 g/mol. The smallest absolute Gasteiger partial charge is 0.139 e. The van der Waals surface area contributed by atoms with E-state index in [1.165, 1.54) is 43.4 Å². The molecule has 3 aromatic rings. The second-order valence-electron chi connectivity index (χ2n) is 9.25. The summed E-state index contributed by atoms with van der Waals surface area (Å²) in [4.78, 5) is 10.8. The lowest BCUT2D eigenvalue weighted by atomic mass is 9.83. The largest absolute Gasteiger partial charge is 0.362 e. The number of nitrogens with zero attached hydrogens (tertiary/aromatic N) is 3. The van der Waals surface area contributed by atoms with Crippen LogP contribution in [0.25, 0.3) is 10.9 Å². The number of para-hydroxylation sites is 1. The van der Waals surface area contributed by atoms with Crippen LogP contribution in [0.4, 0.5) is 5.82 Å². The van der Waals surface area contributed by atoms with Gasteiger partial charge in [-0.15, -0.1) is 0 Å². The highest BCUT2D eigenvalue weighted by atomic mass is 15.1. The first-order valence-corrected chi connectivity index (χ1v) is 11.6. The predicted molar refractivity (Wildman–Crippen MR) is 133 cm³/mol. The van der Waals surface area contributed by atoms with E-state index in [0.29, 0.717) is 0 Å². The number of aryl methyl sites for hydroxylation is 2. The van der Waals surface area contributed by atoms with E-state index in [1.54, 1.807) is 0 Å². The van der Waals surface area contributed by atoms with Gasteiger partial charge in [0.2, 0.25) is 0 Å². The molecule has 1 aliphatic rings. The van der Waals surface area contributed by atoms with Crippen LogP contribution in [0.2, 0.25) is 0 Å². The number of hydrogen-bond donors (Lipinski definition) is 1. The van der Waals surface area contributed by atoms with Crippen molar-refractivity contribution in [3.8, 4) is 0 Å². The van der Waals surface area contributed by atoms with Gasteiger partial charge in [-0.1, -0.05) is 61.7 Å². The van der Waals surface area contributed by atoms with E-state index in [1.807, 2.05) is 50.2 Å². The van der Waals surface area contributed by atoms with Crippen molar-refractivity contribution in [2.75, 3.05) is 25.5 Å². The van der Waals surface area contributed by atoms with E-state index < -0.39 is 0 Å². The number of aromatic nitrogens is 2. The Morgan fingerprint density at radius 3 is 2.39 bits per heavy atom. The fourth-order valence-electron chi connectivity index (χ4n) is 4.29. The van der Waals surface area contributed by atoms with Crippen molar-refractivity contribution in [2.45, 2.75) is 53.0 Å². The Balaban J connectivity index is 0.000000179. The molecule has 1 saturated carbocycles. The van der Waals surface area contributed by atoms with E-state index in [0.717, 1.165) is 40.9 Å². The van der Waals surface area contributed by atoms with Crippen molar-refractivity contribution >= 4 is 16.7 Å². The van der Waals surface area contributed by atoms with E-state index in [2.05, 4.69) is 53.4 Å². The summed E-state index contributed by atoms with van der Waals surface area (Å²) in [5, 5.41) is 4.71. The molecule has 1 fully saturated rings. The monoisotopic (exact) mass is 418 g/mol. The topological polar surface area (TPSA) is 41.1 Å². The van der Waals surface area contributed by atoms with E-state index in [-0.39, 0.29) is 0 Å². The molecule has 0 bridgehead atoms. The third-order valence-corrected chi connectivity index (χ3v) is 6.10. The molecule has 1 aromatic heterocycles. The van der Waals surface area contributed by atoms with Crippen molar-refractivity contribution in [2.24, 2.45) is 11.8 Å². The predicted octanol–water partition coefficient (Wildman–Crippen LogP) is 5.92. The summed E-state index contributed by atoms with van der Waals surface area (Å²) in [6.07, 6.45) is 5.69. The lowest BCUT2D eigenvalue weighted by molar-refractivity contribution is 0.281. The van der Waals surface area contributed by atoms with Gasteiger partial charge in [0.15, 0.2) is 0 Å². The summed E-state index contributed by atoms with van der Waals surface area (Å²) in [5.74, 6) is 3.67. The quantitative estimate of drug-likeness (QED) is 0.559. The highest BCUT2D eigenvalue weighted by Gasteiger charge is 2.17. The maximum atomic E-state index is 4.42. The molecule has 0 amide bonds. The van der Waals surface area contributed by atoms with Gasteiger partial charge in [-0.25, -0.2) is 9.97 Å². The average molecular weight is 419 g/mol. The molecule has 0 aliphatic heterocycles. The Labute approximate surface area is 188 Å². The van der Waals surface area contributed by atoms with Crippen molar-refractivity contribution in [1.29, 1.82) is 0 Å². The summed E-state index contributed by atoms with van der Waals surface area (Å²) < 4.78 is 0. The molecule has 4 nitrogen and oxygen atoms in total. The van der Waals surface area contributed by atoms with Crippen LogP contribution in [-0.4, -0.2) is 30.6 Å². The van der Waals surface area contributed by atoms with Gasteiger partial charge in [-0.2, -0.15) is 0 Å². The van der Waals surface area contributed by atoms with Crippen molar-refractivity contribution in [3.63, 3.8) is 0 Å². The second-order valence-corrected chi connectivity index (χ2v) is 9.25. The van der Waals surface area contributed by atoms with E-state index in [4.69, 9.17) is 0 Å². The minimum atomic E-state index is 0.812. The zero-order valence-corrected chi connectivity index (χ0v) is 19.9. The lowest BCUT2D eigenvalue weighted by Gasteiger charge is -2.26. The number of hydrogen-bond acceptors (Lipinski definition) is 4. The number of benzene rings is 2.